The van der Waals surface area contributed by atoms with Crippen LogP contribution in [-0.2, 0) is 16.1 Å². The summed E-state index contributed by atoms with van der Waals surface area (Å²) in [5.41, 5.74) is 1.30. The zero-order chi connectivity index (χ0) is 17.8. The van der Waals surface area contributed by atoms with E-state index in [1.807, 2.05) is 19.9 Å². The van der Waals surface area contributed by atoms with Crippen molar-refractivity contribution in [3.63, 3.8) is 0 Å². The fourth-order valence-electron chi connectivity index (χ4n) is 3.99. The van der Waals surface area contributed by atoms with Crippen LogP contribution in [-0.4, -0.2) is 53.3 Å². The van der Waals surface area contributed by atoms with Crippen molar-refractivity contribution >= 4 is 11.8 Å². The molecule has 5 nitrogen and oxygen atoms in total. The Morgan fingerprint density at radius 3 is 2.64 bits per heavy atom. The lowest BCUT2D eigenvalue weighted by Gasteiger charge is -2.31. The summed E-state index contributed by atoms with van der Waals surface area (Å²) < 4.78 is 0. The molecule has 2 heterocycles. The predicted molar refractivity (Wildman–Crippen MR) is 97.8 cm³/mol. The second kappa shape index (κ2) is 8.00. The Bertz CT molecular complexity index is 602. The summed E-state index contributed by atoms with van der Waals surface area (Å²) in [6, 6.07) is 10.3. The summed E-state index contributed by atoms with van der Waals surface area (Å²) in [6.07, 6.45) is 2.41. The van der Waals surface area contributed by atoms with E-state index in [1.165, 1.54) is 5.56 Å². The van der Waals surface area contributed by atoms with E-state index in [0.29, 0.717) is 13.0 Å². The van der Waals surface area contributed by atoms with Gasteiger partial charge in [0.15, 0.2) is 0 Å². The van der Waals surface area contributed by atoms with Crippen LogP contribution in [0.2, 0.25) is 0 Å². The molecular weight excluding hydrogens is 314 g/mol. The Morgan fingerprint density at radius 2 is 2.00 bits per heavy atom. The van der Waals surface area contributed by atoms with E-state index in [1.54, 1.807) is 4.90 Å². The van der Waals surface area contributed by atoms with Crippen LogP contribution in [0.5, 0.6) is 0 Å². The van der Waals surface area contributed by atoms with Gasteiger partial charge < -0.3 is 10.2 Å². The first kappa shape index (κ1) is 17.9. The SMILES string of the molecule is CC(C)[C@@H](C(=O)N[C@@H]1CCN(Cc2ccccc2)C1)N1CCCC1=O. The van der Waals surface area contributed by atoms with Gasteiger partial charge in [-0.1, -0.05) is 44.2 Å². The van der Waals surface area contributed by atoms with Gasteiger partial charge in [-0.25, -0.2) is 0 Å². The molecule has 136 valence electrons. The van der Waals surface area contributed by atoms with Crippen LogP contribution in [0.3, 0.4) is 0 Å². The fourth-order valence-corrected chi connectivity index (χ4v) is 3.99. The summed E-state index contributed by atoms with van der Waals surface area (Å²) in [5, 5.41) is 3.20. The third kappa shape index (κ3) is 4.40. The van der Waals surface area contributed by atoms with Gasteiger partial charge in [-0.15, -0.1) is 0 Å². The second-order valence-corrected chi connectivity index (χ2v) is 7.59. The van der Waals surface area contributed by atoms with Crippen molar-refractivity contribution in [2.24, 2.45) is 5.92 Å². The minimum Gasteiger partial charge on any atom is -0.350 e. The highest BCUT2D eigenvalue weighted by atomic mass is 16.2. The highest BCUT2D eigenvalue weighted by molar-refractivity contribution is 5.89. The second-order valence-electron chi connectivity index (χ2n) is 7.59. The van der Waals surface area contributed by atoms with Gasteiger partial charge in [-0.2, -0.15) is 0 Å². The van der Waals surface area contributed by atoms with E-state index >= 15 is 0 Å². The van der Waals surface area contributed by atoms with E-state index in [2.05, 4.69) is 34.5 Å². The number of nitrogens with one attached hydrogen (secondary N) is 1. The average Bonchev–Trinajstić information content (AvgIpc) is 3.18. The summed E-state index contributed by atoms with van der Waals surface area (Å²) in [7, 11) is 0. The van der Waals surface area contributed by atoms with Gasteiger partial charge in [0.05, 0.1) is 0 Å². The number of hydrogen-bond donors (Lipinski definition) is 1. The van der Waals surface area contributed by atoms with Gasteiger partial charge in [-0.05, 0) is 24.3 Å². The molecule has 0 spiro atoms. The number of likely N-dealkylation sites (tertiary alicyclic amines) is 2. The van der Waals surface area contributed by atoms with Crippen LogP contribution in [0.15, 0.2) is 30.3 Å². The molecule has 2 aliphatic rings. The molecule has 0 radical (unpaired) electrons. The van der Waals surface area contributed by atoms with Gasteiger partial charge in [0.1, 0.15) is 6.04 Å². The van der Waals surface area contributed by atoms with Gasteiger partial charge in [0, 0.05) is 38.6 Å². The zero-order valence-electron chi connectivity index (χ0n) is 15.3. The lowest BCUT2D eigenvalue weighted by molar-refractivity contribution is -0.139. The Hall–Kier alpha value is -1.88. The Balaban J connectivity index is 1.54. The maximum atomic E-state index is 12.8. The zero-order valence-corrected chi connectivity index (χ0v) is 15.3. The molecule has 25 heavy (non-hydrogen) atoms. The third-order valence-corrected chi connectivity index (χ3v) is 5.21. The first-order valence-corrected chi connectivity index (χ1v) is 9.40. The van der Waals surface area contributed by atoms with Crippen molar-refractivity contribution in [2.45, 2.75) is 51.7 Å². The van der Waals surface area contributed by atoms with Crippen LogP contribution >= 0.6 is 0 Å². The van der Waals surface area contributed by atoms with Gasteiger partial charge in [-0.3, -0.25) is 14.5 Å². The van der Waals surface area contributed by atoms with Crippen LogP contribution in [0.1, 0.15) is 38.7 Å². The fraction of sp³-hybridized carbons (Fsp3) is 0.600. The Labute approximate surface area is 150 Å². The molecular formula is C20H29N3O2. The van der Waals surface area contributed by atoms with Crippen LogP contribution in [0.4, 0.5) is 0 Å². The molecule has 1 aromatic rings. The number of carbonyl (C=O) groups is 2. The summed E-state index contributed by atoms with van der Waals surface area (Å²) in [5.74, 6) is 0.256. The van der Waals surface area contributed by atoms with E-state index < -0.39 is 0 Å². The van der Waals surface area contributed by atoms with Crippen LogP contribution in [0.25, 0.3) is 0 Å². The number of amides is 2. The number of rotatable bonds is 6. The predicted octanol–water partition coefficient (Wildman–Crippen LogP) is 2.02. The number of hydrogen-bond acceptors (Lipinski definition) is 3. The monoisotopic (exact) mass is 343 g/mol. The molecule has 0 aliphatic carbocycles. The smallest absolute Gasteiger partial charge is 0.243 e. The van der Waals surface area contributed by atoms with E-state index in [0.717, 1.165) is 32.5 Å². The molecule has 1 N–H and O–H groups in total. The van der Waals surface area contributed by atoms with Crippen LogP contribution in [0, 0.1) is 5.92 Å². The molecule has 2 aliphatic heterocycles. The molecule has 2 saturated heterocycles. The molecule has 0 aromatic heterocycles. The highest BCUT2D eigenvalue weighted by Crippen LogP contribution is 2.20. The molecule has 5 heteroatoms. The number of nitrogens with zero attached hydrogens (tertiary/aromatic N) is 2. The molecule has 0 bridgehead atoms. The van der Waals surface area contributed by atoms with E-state index in [-0.39, 0.29) is 29.8 Å². The molecule has 2 atom stereocenters. The van der Waals surface area contributed by atoms with Crippen molar-refractivity contribution in [3.05, 3.63) is 35.9 Å². The van der Waals surface area contributed by atoms with Crippen molar-refractivity contribution in [3.8, 4) is 0 Å². The van der Waals surface area contributed by atoms with Crippen molar-refractivity contribution in [2.75, 3.05) is 19.6 Å². The summed E-state index contributed by atoms with van der Waals surface area (Å²) in [6.45, 7) is 7.54. The van der Waals surface area contributed by atoms with Gasteiger partial charge in [0.2, 0.25) is 11.8 Å². The lowest BCUT2D eigenvalue weighted by Crippen LogP contribution is -2.53. The minimum absolute atomic E-state index is 0.0109. The summed E-state index contributed by atoms with van der Waals surface area (Å²) in [4.78, 5) is 29.0. The number of benzene rings is 1. The summed E-state index contributed by atoms with van der Waals surface area (Å²) >= 11 is 0. The molecule has 1 aromatic carbocycles. The van der Waals surface area contributed by atoms with Crippen molar-refractivity contribution in [1.29, 1.82) is 0 Å². The Kier molecular flexibility index (Phi) is 5.74. The van der Waals surface area contributed by atoms with Gasteiger partial charge in [0.25, 0.3) is 0 Å². The standard InChI is InChI=1S/C20H29N3O2/c1-15(2)19(23-11-6-9-18(23)24)20(25)21-17-10-12-22(14-17)13-16-7-4-3-5-8-16/h3-5,7-8,15,17,19H,6,9-14H2,1-2H3,(H,21,25)/t17-,19+/m1/s1. The normalized spacial score (nSPS) is 22.6. The van der Waals surface area contributed by atoms with E-state index in [4.69, 9.17) is 0 Å². The molecule has 2 amide bonds. The lowest BCUT2D eigenvalue weighted by atomic mass is 10.0. The molecule has 0 unspecified atom stereocenters. The first-order valence-electron chi connectivity index (χ1n) is 9.40. The Morgan fingerprint density at radius 1 is 1.24 bits per heavy atom. The quantitative estimate of drug-likeness (QED) is 0.860. The largest absolute Gasteiger partial charge is 0.350 e. The first-order chi connectivity index (χ1) is 12.0. The third-order valence-electron chi connectivity index (χ3n) is 5.21. The van der Waals surface area contributed by atoms with Gasteiger partial charge >= 0.3 is 0 Å². The van der Waals surface area contributed by atoms with Crippen LogP contribution < -0.4 is 5.32 Å². The molecule has 3 rings (SSSR count). The topological polar surface area (TPSA) is 52.7 Å². The van der Waals surface area contributed by atoms with E-state index in [9.17, 15) is 9.59 Å². The molecule has 0 saturated carbocycles. The highest BCUT2D eigenvalue weighted by Gasteiger charge is 2.36. The minimum atomic E-state index is -0.335. The molecule has 2 fully saturated rings. The average molecular weight is 343 g/mol. The maximum absolute atomic E-state index is 12.8. The van der Waals surface area contributed by atoms with Crippen molar-refractivity contribution < 1.29 is 9.59 Å². The number of carbonyl (C=O) groups excluding carboxylic acids is 2. The van der Waals surface area contributed by atoms with Crippen molar-refractivity contribution in [1.82, 2.24) is 15.1 Å². The maximum Gasteiger partial charge on any atom is 0.243 e.